The molecule has 0 atom stereocenters. The number of fused-ring (bicyclic) bond motifs is 1. The van der Waals surface area contributed by atoms with Crippen molar-refractivity contribution in [2.24, 2.45) is 0 Å². The van der Waals surface area contributed by atoms with E-state index in [1.54, 1.807) is 0 Å². The molecule has 0 amide bonds. The van der Waals surface area contributed by atoms with Gasteiger partial charge in [0.1, 0.15) is 0 Å². The Morgan fingerprint density at radius 2 is 1.95 bits per heavy atom. The fourth-order valence-electron chi connectivity index (χ4n) is 2.48. The monoisotopic (exact) mass is 347 g/mol. The summed E-state index contributed by atoms with van der Waals surface area (Å²) in [4.78, 5) is 7.84. The Bertz CT molecular complexity index is 853. The topological polar surface area (TPSA) is 33.6 Å². The molecule has 0 fully saturated rings. The van der Waals surface area contributed by atoms with E-state index in [1.165, 1.54) is 5.56 Å². The Morgan fingerprint density at radius 1 is 1.20 bits per heavy atom. The maximum absolute atomic E-state index is 5.48. The van der Waals surface area contributed by atoms with E-state index in [0.717, 1.165) is 32.6 Å². The van der Waals surface area contributed by atoms with Crippen LogP contribution in [0.1, 0.15) is 16.8 Å². The SMILES string of the molecule is Cc1cc(C)c(-n2c(=S)[nH]c3ccc(C)nc32)c(Br)c1. The normalized spacial score (nSPS) is 11.2. The fourth-order valence-corrected chi connectivity index (χ4v) is 3.62. The molecule has 102 valence electrons. The highest BCUT2D eigenvalue weighted by atomic mass is 79.9. The molecule has 3 rings (SSSR count). The van der Waals surface area contributed by atoms with Gasteiger partial charge in [0, 0.05) is 10.2 Å². The molecule has 1 aromatic carbocycles. The molecule has 0 spiro atoms. The van der Waals surface area contributed by atoms with E-state index in [2.05, 4.69) is 51.9 Å². The lowest BCUT2D eigenvalue weighted by atomic mass is 10.1. The Hall–Kier alpha value is -1.46. The molecule has 0 radical (unpaired) electrons. The van der Waals surface area contributed by atoms with Crippen LogP contribution < -0.4 is 0 Å². The molecule has 1 N–H and O–H groups in total. The van der Waals surface area contributed by atoms with Gasteiger partial charge in [0.25, 0.3) is 0 Å². The average molecular weight is 348 g/mol. The molecular formula is C15H14BrN3S. The third-order valence-corrected chi connectivity index (χ3v) is 4.18. The van der Waals surface area contributed by atoms with E-state index in [4.69, 9.17) is 12.2 Å². The number of aromatic nitrogens is 3. The number of halogens is 1. The van der Waals surface area contributed by atoms with Gasteiger partial charge in [0.2, 0.25) is 0 Å². The molecule has 0 bridgehead atoms. The quantitative estimate of drug-likeness (QED) is 0.643. The lowest BCUT2D eigenvalue weighted by molar-refractivity contribution is 1.01. The van der Waals surface area contributed by atoms with Crippen LogP contribution in [-0.4, -0.2) is 14.5 Å². The molecular weight excluding hydrogens is 334 g/mol. The number of aryl methyl sites for hydroxylation is 3. The fraction of sp³-hybridized carbons (Fsp3) is 0.200. The van der Waals surface area contributed by atoms with Crippen molar-refractivity contribution in [1.82, 2.24) is 14.5 Å². The number of aromatic amines is 1. The third kappa shape index (κ3) is 2.11. The minimum atomic E-state index is 0.658. The Balaban J connectivity index is 2.44. The maximum Gasteiger partial charge on any atom is 0.184 e. The second kappa shape index (κ2) is 4.82. The van der Waals surface area contributed by atoms with Crippen molar-refractivity contribution in [2.75, 3.05) is 0 Å². The van der Waals surface area contributed by atoms with E-state index >= 15 is 0 Å². The number of imidazole rings is 1. The number of H-pyrrole nitrogens is 1. The number of hydrogen-bond acceptors (Lipinski definition) is 2. The van der Waals surface area contributed by atoms with Crippen molar-refractivity contribution in [3.63, 3.8) is 0 Å². The summed E-state index contributed by atoms with van der Waals surface area (Å²) in [5.74, 6) is 0. The minimum absolute atomic E-state index is 0.658. The van der Waals surface area contributed by atoms with Crippen LogP contribution in [0.2, 0.25) is 0 Å². The molecule has 3 nitrogen and oxygen atoms in total. The number of rotatable bonds is 1. The second-order valence-corrected chi connectivity index (χ2v) is 6.24. The molecule has 2 aromatic heterocycles. The maximum atomic E-state index is 5.48. The van der Waals surface area contributed by atoms with E-state index < -0.39 is 0 Å². The second-order valence-electron chi connectivity index (χ2n) is 5.00. The molecule has 0 saturated heterocycles. The molecule has 0 aliphatic heterocycles. The van der Waals surface area contributed by atoms with Crippen molar-refractivity contribution < 1.29 is 0 Å². The first-order valence-electron chi connectivity index (χ1n) is 6.33. The van der Waals surface area contributed by atoms with Crippen LogP contribution in [0, 0.1) is 25.5 Å². The summed E-state index contributed by atoms with van der Waals surface area (Å²) in [7, 11) is 0. The number of hydrogen-bond donors (Lipinski definition) is 1. The summed E-state index contributed by atoms with van der Waals surface area (Å²) >= 11 is 9.13. The van der Waals surface area contributed by atoms with E-state index in [1.807, 2.05) is 23.6 Å². The number of pyridine rings is 1. The first kappa shape index (κ1) is 13.5. The van der Waals surface area contributed by atoms with Crippen LogP contribution >= 0.6 is 28.1 Å². The summed E-state index contributed by atoms with van der Waals surface area (Å²) in [6, 6.07) is 8.24. The van der Waals surface area contributed by atoms with Crippen LogP contribution in [0.15, 0.2) is 28.7 Å². The number of nitrogens with one attached hydrogen (secondary N) is 1. The molecule has 0 saturated carbocycles. The van der Waals surface area contributed by atoms with Crippen LogP contribution in [0.4, 0.5) is 0 Å². The van der Waals surface area contributed by atoms with Crippen molar-refractivity contribution in [1.29, 1.82) is 0 Å². The van der Waals surface area contributed by atoms with Crippen molar-refractivity contribution in [3.8, 4) is 5.69 Å². The molecule has 0 aliphatic carbocycles. The molecule has 20 heavy (non-hydrogen) atoms. The largest absolute Gasteiger partial charge is 0.329 e. The Labute approximate surface area is 130 Å². The highest BCUT2D eigenvalue weighted by molar-refractivity contribution is 9.10. The van der Waals surface area contributed by atoms with Crippen molar-refractivity contribution >= 4 is 39.3 Å². The van der Waals surface area contributed by atoms with E-state index in [-0.39, 0.29) is 0 Å². The zero-order chi connectivity index (χ0) is 14.4. The van der Waals surface area contributed by atoms with Crippen LogP contribution in [0.5, 0.6) is 0 Å². The molecule has 5 heteroatoms. The Morgan fingerprint density at radius 3 is 2.65 bits per heavy atom. The summed E-state index contributed by atoms with van der Waals surface area (Å²) in [6.07, 6.45) is 0. The zero-order valence-corrected chi connectivity index (χ0v) is 13.9. The number of benzene rings is 1. The highest BCUT2D eigenvalue weighted by Crippen LogP contribution is 2.29. The van der Waals surface area contributed by atoms with Crippen molar-refractivity contribution in [2.45, 2.75) is 20.8 Å². The summed E-state index contributed by atoms with van der Waals surface area (Å²) < 4.78 is 3.68. The van der Waals surface area contributed by atoms with Gasteiger partial charge in [-0.15, -0.1) is 0 Å². The van der Waals surface area contributed by atoms with E-state index in [0.29, 0.717) is 4.77 Å². The highest BCUT2D eigenvalue weighted by Gasteiger charge is 2.13. The smallest absolute Gasteiger partial charge is 0.184 e. The van der Waals surface area contributed by atoms with Gasteiger partial charge in [-0.05, 0) is 78.2 Å². The lowest BCUT2D eigenvalue weighted by Crippen LogP contribution is -2.01. The molecule has 3 aromatic rings. The third-order valence-electron chi connectivity index (χ3n) is 3.29. The number of nitrogens with zero attached hydrogens (tertiary/aromatic N) is 2. The van der Waals surface area contributed by atoms with Gasteiger partial charge in [-0.25, -0.2) is 4.98 Å². The van der Waals surface area contributed by atoms with Crippen molar-refractivity contribution in [3.05, 3.63) is 50.3 Å². The van der Waals surface area contributed by atoms with Gasteiger partial charge >= 0.3 is 0 Å². The van der Waals surface area contributed by atoms with Gasteiger partial charge < -0.3 is 4.98 Å². The van der Waals surface area contributed by atoms with Gasteiger partial charge in [-0.2, -0.15) is 0 Å². The Kier molecular flexibility index (Phi) is 3.26. The van der Waals surface area contributed by atoms with Crippen LogP contribution in [-0.2, 0) is 0 Å². The van der Waals surface area contributed by atoms with Gasteiger partial charge in [0.05, 0.1) is 11.2 Å². The minimum Gasteiger partial charge on any atom is -0.329 e. The summed E-state index contributed by atoms with van der Waals surface area (Å²) in [6.45, 7) is 6.15. The molecule has 0 unspecified atom stereocenters. The summed E-state index contributed by atoms with van der Waals surface area (Å²) in [5.41, 5.74) is 6.21. The van der Waals surface area contributed by atoms with Gasteiger partial charge in [-0.1, -0.05) is 6.07 Å². The predicted molar refractivity (Wildman–Crippen MR) is 88.2 cm³/mol. The first-order valence-corrected chi connectivity index (χ1v) is 7.53. The molecule has 0 aliphatic rings. The first-order chi connectivity index (χ1) is 9.47. The van der Waals surface area contributed by atoms with Gasteiger partial charge in [-0.3, -0.25) is 4.57 Å². The van der Waals surface area contributed by atoms with Crippen LogP contribution in [0.25, 0.3) is 16.9 Å². The lowest BCUT2D eigenvalue weighted by Gasteiger charge is -2.12. The predicted octanol–water partition coefficient (Wildman–Crippen LogP) is 4.77. The molecule has 2 heterocycles. The standard InChI is InChI=1S/C15H14BrN3S/c1-8-6-9(2)13(11(16)7-8)19-14-12(18-15(19)20)5-4-10(3)17-14/h4-7H,1-3H3,(H,18,20). The zero-order valence-electron chi connectivity index (χ0n) is 11.5. The van der Waals surface area contributed by atoms with Gasteiger partial charge in [0.15, 0.2) is 10.4 Å². The van der Waals surface area contributed by atoms with E-state index in [9.17, 15) is 0 Å². The van der Waals surface area contributed by atoms with Crippen LogP contribution in [0.3, 0.4) is 0 Å². The average Bonchev–Trinajstić information content (AvgIpc) is 2.65. The summed E-state index contributed by atoms with van der Waals surface area (Å²) in [5, 5.41) is 0.